The molecule has 2 aromatic carbocycles. The van der Waals surface area contributed by atoms with E-state index in [9.17, 15) is 4.79 Å². The van der Waals surface area contributed by atoms with Gasteiger partial charge in [-0.3, -0.25) is 4.90 Å². The zero-order valence-corrected chi connectivity index (χ0v) is 19.7. The van der Waals surface area contributed by atoms with E-state index in [-0.39, 0.29) is 6.09 Å². The van der Waals surface area contributed by atoms with Crippen molar-refractivity contribution in [2.45, 2.75) is 71.3 Å². The number of amides is 1. The standard InChI is InChI=1S/C27H40N2O2/c1-4-5-17-29(18-16-22-12-8-6-7-9-13-22)21-23-19-24-14-10-11-15-25(24)26(20-23)31-27(30)28(2)3/h10-11,14-15,19-20,22H,4-9,12-13,16-18,21H2,1-3H3. The summed E-state index contributed by atoms with van der Waals surface area (Å²) in [6.07, 6.45) is 11.9. The normalized spacial score (nSPS) is 15.2. The fourth-order valence-electron chi connectivity index (χ4n) is 4.62. The summed E-state index contributed by atoms with van der Waals surface area (Å²) in [5, 5.41) is 2.11. The van der Waals surface area contributed by atoms with Crippen LogP contribution in [-0.4, -0.2) is 43.1 Å². The second-order valence-electron chi connectivity index (χ2n) is 9.35. The number of fused-ring (bicyclic) bond motifs is 1. The van der Waals surface area contributed by atoms with Crippen molar-refractivity contribution < 1.29 is 9.53 Å². The van der Waals surface area contributed by atoms with E-state index in [1.165, 1.54) is 68.3 Å². The zero-order valence-electron chi connectivity index (χ0n) is 19.7. The highest BCUT2D eigenvalue weighted by Gasteiger charge is 2.16. The monoisotopic (exact) mass is 424 g/mol. The Morgan fingerprint density at radius 3 is 2.48 bits per heavy atom. The van der Waals surface area contributed by atoms with E-state index in [1.807, 2.05) is 18.2 Å². The molecule has 0 unspecified atom stereocenters. The lowest BCUT2D eigenvalue weighted by molar-refractivity contribution is 0.172. The summed E-state index contributed by atoms with van der Waals surface area (Å²) < 4.78 is 5.73. The van der Waals surface area contributed by atoms with Crippen LogP contribution < -0.4 is 4.74 Å². The Hall–Kier alpha value is -2.07. The van der Waals surface area contributed by atoms with Crippen molar-refractivity contribution in [1.29, 1.82) is 0 Å². The van der Waals surface area contributed by atoms with Crippen LogP contribution in [0, 0.1) is 5.92 Å². The molecule has 1 aliphatic rings. The smallest absolute Gasteiger partial charge is 0.410 e. The molecule has 1 amide bonds. The average Bonchev–Trinajstić information content (AvgIpc) is 3.04. The number of unbranched alkanes of at least 4 members (excludes halogenated alkanes) is 1. The van der Waals surface area contributed by atoms with E-state index in [2.05, 4.69) is 30.0 Å². The molecule has 0 heterocycles. The molecule has 0 N–H and O–H groups in total. The topological polar surface area (TPSA) is 32.8 Å². The van der Waals surface area contributed by atoms with Gasteiger partial charge in [0.1, 0.15) is 5.75 Å². The van der Waals surface area contributed by atoms with Gasteiger partial charge in [0.15, 0.2) is 0 Å². The Morgan fingerprint density at radius 2 is 1.77 bits per heavy atom. The molecule has 1 saturated carbocycles. The van der Waals surface area contributed by atoms with Gasteiger partial charge in [-0.25, -0.2) is 4.79 Å². The Bertz CT molecular complexity index is 825. The molecule has 0 aromatic heterocycles. The molecule has 0 radical (unpaired) electrons. The fourth-order valence-corrected chi connectivity index (χ4v) is 4.62. The van der Waals surface area contributed by atoms with Gasteiger partial charge in [0.25, 0.3) is 0 Å². The Kier molecular flexibility index (Phi) is 9.20. The van der Waals surface area contributed by atoms with Crippen molar-refractivity contribution in [1.82, 2.24) is 9.80 Å². The largest absolute Gasteiger partial charge is 0.414 e. The second-order valence-corrected chi connectivity index (χ2v) is 9.35. The summed E-state index contributed by atoms with van der Waals surface area (Å²) in [4.78, 5) is 16.3. The summed E-state index contributed by atoms with van der Waals surface area (Å²) in [5.41, 5.74) is 1.22. The van der Waals surface area contributed by atoms with Crippen molar-refractivity contribution in [2.75, 3.05) is 27.2 Å². The molecule has 0 atom stereocenters. The summed E-state index contributed by atoms with van der Waals surface area (Å²) in [5.74, 6) is 1.55. The van der Waals surface area contributed by atoms with Crippen molar-refractivity contribution in [3.63, 3.8) is 0 Å². The predicted octanol–water partition coefficient (Wildman–Crippen LogP) is 6.86. The minimum Gasteiger partial charge on any atom is -0.410 e. The van der Waals surface area contributed by atoms with Crippen LogP contribution in [0.25, 0.3) is 10.8 Å². The first-order valence-electron chi connectivity index (χ1n) is 12.2. The molecule has 31 heavy (non-hydrogen) atoms. The first-order valence-corrected chi connectivity index (χ1v) is 12.2. The van der Waals surface area contributed by atoms with Gasteiger partial charge in [-0.05, 0) is 54.9 Å². The van der Waals surface area contributed by atoms with E-state index >= 15 is 0 Å². The predicted molar refractivity (Wildman–Crippen MR) is 130 cm³/mol. The van der Waals surface area contributed by atoms with Crippen LogP contribution in [0.3, 0.4) is 0 Å². The maximum Gasteiger partial charge on any atom is 0.414 e. The number of rotatable bonds is 9. The molecule has 3 rings (SSSR count). The van der Waals surface area contributed by atoms with Crippen molar-refractivity contribution in [3.05, 3.63) is 42.0 Å². The number of nitrogens with zero attached hydrogens (tertiary/aromatic N) is 2. The van der Waals surface area contributed by atoms with Gasteiger partial charge < -0.3 is 9.64 Å². The molecular formula is C27H40N2O2. The molecule has 0 aliphatic heterocycles. The highest BCUT2D eigenvalue weighted by Crippen LogP contribution is 2.30. The lowest BCUT2D eigenvalue weighted by atomic mass is 9.96. The number of hydrogen-bond acceptors (Lipinski definition) is 3. The van der Waals surface area contributed by atoms with Crippen LogP contribution >= 0.6 is 0 Å². The molecule has 170 valence electrons. The molecular weight excluding hydrogens is 384 g/mol. The molecule has 2 aromatic rings. The lowest BCUT2D eigenvalue weighted by Gasteiger charge is -2.25. The van der Waals surface area contributed by atoms with Crippen LogP contribution in [0.4, 0.5) is 4.79 Å². The third-order valence-electron chi connectivity index (χ3n) is 6.51. The number of carbonyl (C=O) groups is 1. The Balaban J connectivity index is 1.75. The number of carbonyl (C=O) groups excluding carboxylic acids is 1. The third kappa shape index (κ3) is 7.24. The van der Waals surface area contributed by atoms with Crippen molar-refractivity contribution >= 4 is 16.9 Å². The molecule has 4 nitrogen and oxygen atoms in total. The van der Waals surface area contributed by atoms with Gasteiger partial charge >= 0.3 is 6.09 Å². The molecule has 0 spiro atoms. The van der Waals surface area contributed by atoms with Crippen LogP contribution in [0.2, 0.25) is 0 Å². The van der Waals surface area contributed by atoms with E-state index < -0.39 is 0 Å². The first-order chi connectivity index (χ1) is 15.1. The van der Waals surface area contributed by atoms with Crippen molar-refractivity contribution in [2.24, 2.45) is 5.92 Å². The van der Waals surface area contributed by atoms with Crippen molar-refractivity contribution in [3.8, 4) is 5.75 Å². The van der Waals surface area contributed by atoms with Gasteiger partial charge in [0.2, 0.25) is 0 Å². The molecule has 0 bridgehead atoms. The molecule has 0 saturated heterocycles. The second kappa shape index (κ2) is 12.1. The Morgan fingerprint density at radius 1 is 1.03 bits per heavy atom. The molecule has 4 heteroatoms. The van der Waals surface area contributed by atoms with E-state index in [0.29, 0.717) is 5.75 Å². The summed E-state index contributed by atoms with van der Waals surface area (Å²) in [7, 11) is 3.43. The highest BCUT2D eigenvalue weighted by atomic mass is 16.6. The van der Waals surface area contributed by atoms with Crippen LogP contribution in [0.5, 0.6) is 5.75 Å². The van der Waals surface area contributed by atoms with Gasteiger partial charge in [-0.1, -0.05) is 76.1 Å². The van der Waals surface area contributed by atoms with Gasteiger partial charge in [0.05, 0.1) is 0 Å². The average molecular weight is 425 g/mol. The maximum absolute atomic E-state index is 12.2. The minimum atomic E-state index is -0.335. The summed E-state index contributed by atoms with van der Waals surface area (Å²) >= 11 is 0. The number of hydrogen-bond donors (Lipinski definition) is 0. The molecule has 1 fully saturated rings. The van der Waals surface area contributed by atoms with E-state index in [0.717, 1.165) is 36.3 Å². The summed E-state index contributed by atoms with van der Waals surface area (Å²) in [6.45, 7) is 5.45. The fraction of sp³-hybridized carbons (Fsp3) is 0.593. The van der Waals surface area contributed by atoms with Gasteiger partial charge in [0, 0.05) is 26.0 Å². The Labute approximate surface area is 188 Å². The van der Waals surface area contributed by atoms with Crippen LogP contribution in [0.15, 0.2) is 36.4 Å². The first kappa shape index (κ1) is 23.6. The quantitative estimate of drug-likeness (QED) is 0.412. The lowest BCUT2D eigenvalue weighted by Crippen LogP contribution is -2.27. The number of benzene rings is 2. The van der Waals surface area contributed by atoms with Gasteiger partial charge in [-0.2, -0.15) is 0 Å². The minimum absolute atomic E-state index is 0.335. The highest BCUT2D eigenvalue weighted by molar-refractivity contribution is 5.90. The zero-order chi connectivity index (χ0) is 22.1. The van der Waals surface area contributed by atoms with Gasteiger partial charge in [-0.15, -0.1) is 0 Å². The number of ether oxygens (including phenoxy) is 1. The van der Waals surface area contributed by atoms with Crippen LogP contribution in [0.1, 0.15) is 70.3 Å². The van der Waals surface area contributed by atoms with E-state index in [4.69, 9.17) is 4.74 Å². The molecule has 1 aliphatic carbocycles. The van der Waals surface area contributed by atoms with E-state index in [1.54, 1.807) is 14.1 Å². The SMILES string of the molecule is CCCCN(CCC1CCCCCC1)Cc1cc(OC(=O)N(C)C)c2ccccc2c1. The maximum atomic E-state index is 12.2. The third-order valence-corrected chi connectivity index (χ3v) is 6.51. The summed E-state index contributed by atoms with van der Waals surface area (Å²) in [6, 6.07) is 12.5. The van der Waals surface area contributed by atoms with Crippen LogP contribution in [-0.2, 0) is 6.54 Å².